The zero-order valence-electron chi connectivity index (χ0n) is 11.1. The molecule has 0 unspecified atom stereocenters. The molecule has 0 aliphatic heterocycles. The molecule has 2 aromatic rings. The van der Waals surface area contributed by atoms with E-state index in [1.54, 1.807) is 0 Å². The van der Waals surface area contributed by atoms with Gasteiger partial charge in [-0.1, -0.05) is 12.1 Å². The second-order valence-electron chi connectivity index (χ2n) is 4.17. The van der Waals surface area contributed by atoms with E-state index in [-0.39, 0.29) is 11.3 Å². The van der Waals surface area contributed by atoms with Crippen molar-refractivity contribution < 1.29 is 9.53 Å². The molecule has 104 valence electrons. The first kappa shape index (κ1) is 14.3. The second-order valence-corrected chi connectivity index (χ2v) is 4.97. The number of aromatic nitrogens is 1. The summed E-state index contributed by atoms with van der Waals surface area (Å²) in [7, 11) is 1.31. The number of nitrogen functional groups attached to an aromatic ring is 1. The van der Waals surface area contributed by atoms with Crippen LogP contribution in [0, 0.1) is 6.92 Å². The van der Waals surface area contributed by atoms with Gasteiger partial charge in [0.1, 0.15) is 0 Å². The van der Waals surface area contributed by atoms with Gasteiger partial charge in [0, 0.05) is 10.7 Å². The highest BCUT2D eigenvalue weighted by Gasteiger charge is 2.14. The first-order valence-electron chi connectivity index (χ1n) is 5.89. The summed E-state index contributed by atoms with van der Waals surface area (Å²) in [6.07, 6.45) is 1.51. The molecule has 0 amide bonds. The van der Waals surface area contributed by atoms with Gasteiger partial charge in [-0.3, -0.25) is 0 Å². The number of carbonyl (C=O) groups excluding carboxylic acids is 1. The molecule has 0 radical (unpaired) electrons. The molecule has 0 saturated heterocycles. The Kier molecular flexibility index (Phi) is 4.24. The van der Waals surface area contributed by atoms with Gasteiger partial charge in [-0.15, -0.1) is 0 Å². The average molecular weight is 336 g/mol. The van der Waals surface area contributed by atoms with Crippen molar-refractivity contribution >= 4 is 39.1 Å². The lowest BCUT2D eigenvalue weighted by Gasteiger charge is -2.13. The highest BCUT2D eigenvalue weighted by atomic mass is 79.9. The Hall–Kier alpha value is -2.08. The van der Waals surface area contributed by atoms with Gasteiger partial charge in [0.05, 0.1) is 24.0 Å². The van der Waals surface area contributed by atoms with E-state index in [9.17, 15) is 4.79 Å². The lowest BCUT2D eigenvalue weighted by molar-refractivity contribution is 0.0602. The van der Waals surface area contributed by atoms with Gasteiger partial charge in [0.2, 0.25) is 0 Å². The third-order valence-corrected chi connectivity index (χ3v) is 3.89. The third-order valence-electron chi connectivity index (χ3n) is 2.84. The van der Waals surface area contributed by atoms with Crippen molar-refractivity contribution in [3.05, 3.63) is 46.1 Å². The minimum atomic E-state index is -0.490. The summed E-state index contributed by atoms with van der Waals surface area (Å²) in [6, 6.07) is 7.32. The fourth-order valence-electron chi connectivity index (χ4n) is 1.73. The van der Waals surface area contributed by atoms with Crippen LogP contribution in [0.5, 0.6) is 0 Å². The number of nitrogens with one attached hydrogen (secondary N) is 1. The van der Waals surface area contributed by atoms with Gasteiger partial charge >= 0.3 is 5.97 Å². The number of halogens is 1. The zero-order valence-corrected chi connectivity index (χ0v) is 12.7. The number of benzene rings is 1. The normalized spacial score (nSPS) is 10.2. The summed E-state index contributed by atoms with van der Waals surface area (Å²) in [6.45, 7) is 1.98. The summed E-state index contributed by atoms with van der Waals surface area (Å²) in [5.74, 6) is -0.0737. The monoisotopic (exact) mass is 335 g/mol. The molecule has 1 aromatic heterocycles. The van der Waals surface area contributed by atoms with Crippen LogP contribution in [0.4, 0.5) is 17.2 Å². The molecule has 0 aliphatic rings. The Bertz CT molecular complexity index is 659. The molecule has 1 heterocycles. The number of hydrogen-bond donors (Lipinski definition) is 2. The summed E-state index contributed by atoms with van der Waals surface area (Å²) in [4.78, 5) is 15.7. The van der Waals surface area contributed by atoms with Crippen molar-refractivity contribution in [2.45, 2.75) is 6.92 Å². The zero-order chi connectivity index (χ0) is 14.7. The van der Waals surface area contributed by atoms with E-state index in [1.165, 1.54) is 19.4 Å². The van der Waals surface area contributed by atoms with E-state index >= 15 is 0 Å². The van der Waals surface area contributed by atoms with Gasteiger partial charge < -0.3 is 15.8 Å². The largest absolute Gasteiger partial charge is 0.465 e. The number of ether oxygens (including phenoxy) is 1. The molecular formula is C14H14BrN3O2. The maximum Gasteiger partial charge on any atom is 0.340 e. The smallest absolute Gasteiger partial charge is 0.340 e. The minimum absolute atomic E-state index is 0.257. The van der Waals surface area contributed by atoms with Crippen molar-refractivity contribution in [2.75, 3.05) is 18.2 Å². The van der Waals surface area contributed by atoms with E-state index in [1.807, 2.05) is 25.1 Å². The molecule has 20 heavy (non-hydrogen) atoms. The molecule has 0 bridgehead atoms. The van der Waals surface area contributed by atoms with Crippen LogP contribution >= 0.6 is 15.9 Å². The molecule has 5 nitrogen and oxygen atoms in total. The number of aryl methyl sites for hydroxylation is 1. The Morgan fingerprint density at radius 3 is 2.85 bits per heavy atom. The van der Waals surface area contributed by atoms with Crippen LogP contribution in [-0.4, -0.2) is 18.1 Å². The SMILES string of the molecule is COC(=O)c1ccnc(Nc2cccc(C)c2Br)c1N. The second kappa shape index (κ2) is 5.92. The fourth-order valence-corrected chi connectivity index (χ4v) is 2.10. The Balaban J connectivity index is 2.39. The number of pyridine rings is 1. The van der Waals surface area contributed by atoms with Crippen LogP contribution in [0.2, 0.25) is 0 Å². The Morgan fingerprint density at radius 2 is 2.15 bits per heavy atom. The molecule has 0 atom stereocenters. The van der Waals surface area contributed by atoms with Gasteiger partial charge in [0.25, 0.3) is 0 Å². The average Bonchev–Trinajstić information content (AvgIpc) is 2.45. The van der Waals surface area contributed by atoms with Crippen molar-refractivity contribution in [1.29, 1.82) is 0 Å². The minimum Gasteiger partial charge on any atom is -0.465 e. The van der Waals surface area contributed by atoms with Crippen LogP contribution in [0.25, 0.3) is 0 Å². The van der Waals surface area contributed by atoms with Gasteiger partial charge in [0.15, 0.2) is 5.82 Å². The molecule has 0 saturated carbocycles. The number of anilines is 3. The molecule has 3 N–H and O–H groups in total. The summed E-state index contributed by atoms with van der Waals surface area (Å²) in [5.41, 5.74) is 8.40. The van der Waals surface area contributed by atoms with Gasteiger partial charge in [-0.2, -0.15) is 0 Å². The van der Waals surface area contributed by atoms with E-state index in [4.69, 9.17) is 5.73 Å². The number of esters is 1. The highest BCUT2D eigenvalue weighted by molar-refractivity contribution is 9.10. The van der Waals surface area contributed by atoms with Crippen molar-refractivity contribution in [3.63, 3.8) is 0 Å². The van der Waals surface area contributed by atoms with E-state index < -0.39 is 5.97 Å². The number of nitrogens with two attached hydrogens (primary N) is 1. The fraction of sp³-hybridized carbons (Fsp3) is 0.143. The molecule has 0 spiro atoms. The van der Waals surface area contributed by atoms with Crippen LogP contribution in [0.3, 0.4) is 0 Å². The van der Waals surface area contributed by atoms with Crippen LogP contribution < -0.4 is 11.1 Å². The highest BCUT2D eigenvalue weighted by Crippen LogP contribution is 2.30. The molecule has 0 fully saturated rings. The number of methoxy groups -OCH3 is 1. The van der Waals surface area contributed by atoms with Crippen molar-refractivity contribution in [1.82, 2.24) is 4.98 Å². The molecule has 2 rings (SSSR count). The number of carbonyl (C=O) groups is 1. The van der Waals surface area contributed by atoms with E-state index in [2.05, 4.69) is 31.0 Å². The summed E-state index contributed by atoms with van der Waals surface area (Å²) >= 11 is 3.50. The predicted molar refractivity (Wildman–Crippen MR) is 82.2 cm³/mol. The van der Waals surface area contributed by atoms with Crippen LogP contribution in [0.1, 0.15) is 15.9 Å². The Morgan fingerprint density at radius 1 is 1.40 bits per heavy atom. The van der Waals surface area contributed by atoms with Crippen LogP contribution in [0.15, 0.2) is 34.9 Å². The Labute approximate surface area is 125 Å². The first-order chi connectivity index (χ1) is 9.54. The van der Waals surface area contributed by atoms with Crippen molar-refractivity contribution in [3.8, 4) is 0 Å². The maximum absolute atomic E-state index is 11.6. The van der Waals surface area contributed by atoms with Crippen molar-refractivity contribution in [2.24, 2.45) is 0 Å². The summed E-state index contributed by atoms with van der Waals surface area (Å²) in [5, 5.41) is 3.11. The molecular weight excluding hydrogens is 322 g/mol. The lowest BCUT2D eigenvalue weighted by Crippen LogP contribution is -2.09. The first-order valence-corrected chi connectivity index (χ1v) is 6.68. The summed E-state index contributed by atoms with van der Waals surface area (Å²) < 4.78 is 5.60. The standard InChI is InChI=1S/C14H14BrN3O2/c1-8-4-3-5-10(11(8)15)18-13-12(16)9(6-7-17-13)14(19)20-2/h3-7H,16H2,1-2H3,(H,17,18). The quantitative estimate of drug-likeness (QED) is 0.842. The lowest BCUT2D eigenvalue weighted by atomic mass is 10.2. The molecule has 6 heteroatoms. The topological polar surface area (TPSA) is 77.2 Å². The number of rotatable bonds is 3. The van der Waals surface area contributed by atoms with Gasteiger partial charge in [-0.05, 0) is 40.5 Å². The van der Waals surface area contributed by atoms with Gasteiger partial charge in [-0.25, -0.2) is 9.78 Å². The number of hydrogen-bond acceptors (Lipinski definition) is 5. The molecule has 0 aliphatic carbocycles. The van der Waals surface area contributed by atoms with E-state index in [0.717, 1.165) is 15.7 Å². The third kappa shape index (κ3) is 2.75. The maximum atomic E-state index is 11.6. The van der Waals surface area contributed by atoms with E-state index in [0.29, 0.717) is 5.82 Å². The molecule has 1 aromatic carbocycles. The number of nitrogens with zero attached hydrogens (tertiary/aromatic N) is 1. The predicted octanol–water partition coefficient (Wildman–Crippen LogP) is 3.26. The van der Waals surface area contributed by atoms with Crippen LogP contribution in [-0.2, 0) is 4.74 Å².